The molecule has 0 aromatic rings. The molecule has 108 valence electrons. The van der Waals surface area contributed by atoms with E-state index in [1.54, 1.807) is 0 Å². The summed E-state index contributed by atoms with van der Waals surface area (Å²) in [5.74, 6) is 0.379. The van der Waals surface area contributed by atoms with Gasteiger partial charge in [-0.25, -0.2) is 0 Å². The molecular formula is C14H26BNO3. The number of hydrogen-bond donors (Lipinski definition) is 1. The third-order valence-corrected chi connectivity index (χ3v) is 4.46. The lowest BCUT2D eigenvalue weighted by Gasteiger charge is -2.32. The predicted molar refractivity (Wildman–Crippen MR) is 75.8 cm³/mol. The van der Waals surface area contributed by atoms with Crippen LogP contribution in [0.1, 0.15) is 54.9 Å². The molecule has 0 aromatic heterocycles. The lowest BCUT2D eigenvalue weighted by atomic mass is 9.81. The minimum absolute atomic E-state index is 0.0940. The summed E-state index contributed by atoms with van der Waals surface area (Å²) in [6, 6.07) is 0.196. The Morgan fingerprint density at radius 2 is 1.63 bits per heavy atom. The van der Waals surface area contributed by atoms with Gasteiger partial charge in [-0.2, -0.15) is 0 Å². The molecule has 2 aliphatic rings. The number of carbonyl (C=O) groups excluding carboxylic acids is 1. The molecule has 1 heterocycles. The van der Waals surface area contributed by atoms with Crippen LogP contribution < -0.4 is 5.32 Å². The van der Waals surface area contributed by atoms with Crippen LogP contribution in [0, 0.1) is 5.41 Å². The normalized spacial score (nSPS) is 32.3. The van der Waals surface area contributed by atoms with E-state index in [1.165, 1.54) is 0 Å². The number of carbonyl (C=O) groups is 1. The second-order valence-corrected chi connectivity index (χ2v) is 7.85. The van der Waals surface area contributed by atoms with Crippen LogP contribution in [0.3, 0.4) is 0 Å². The number of amides is 1. The fourth-order valence-electron chi connectivity index (χ4n) is 2.13. The highest BCUT2D eigenvalue weighted by Gasteiger charge is 2.60. The van der Waals surface area contributed by atoms with Crippen LogP contribution in [0.5, 0.6) is 0 Å². The van der Waals surface area contributed by atoms with Gasteiger partial charge in [0, 0.05) is 17.3 Å². The van der Waals surface area contributed by atoms with Crippen LogP contribution in [0.15, 0.2) is 0 Å². The SMILES string of the molecule is CC(C)(C)C(=O)N[C@H]1C[C@H]1B1OC(C)(C)C(C)(C)O1. The first-order valence-electron chi connectivity index (χ1n) is 7.11. The van der Waals surface area contributed by atoms with Crippen molar-refractivity contribution in [2.75, 3.05) is 0 Å². The van der Waals surface area contributed by atoms with Gasteiger partial charge in [-0.15, -0.1) is 0 Å². The van der Waals surface area contributed by atoms with Crippen LogP contribution in [0.4, 0.5) is 0 Å². The zero-order valence-electron chi connectivity index (χ0n) is 13.2. The first kappa shape index (κ1) is 14.9. The van der Waals surface area contributed by atoms with Crippen molar-refractivity contribution in [3.8, 4) is 0 Å². The molecule has 0 bridgehead atoms. The molecule has 1 saturated carbocycles. The van der Waals surface area contributed by atoms with E-state index in [0.29, 0.717) is 0 Å². The van der Waals surface area contributed by atoms with Crippen LogP contribution in [0.25, 0.3) is 0 Å². The number of rotatable bonds is 2. The van der Waals surface area contributed by atoms with Gasteiger partial charge in [-0.3, -0.25) is 4.79 Å². The third-order valence-electron chi connectivity index (χ3n) is 4.46. The van der Waals surface area contributed by atoms with Gasteiger partial charge in [0.25, 0.3) is 0 Å². The Morgan fingerprint density at radius 3 is 2.05 bits per heavy atom. The summed E-state index contributed by atoms with van der Waals surface area (Å²) in [5, 5.41) is 3.08. The smallest absolute Gasteiger partial charge is 0.403 e. The summed E-state index contributed by atoms with van der Waals surface area (Å²) in [4.78, 5) is 11.9. The van der Waals surface area contributed by atoms with E-state index in [9.17, 15) is 4.79 Å². The highest BCUT2D eigenvalue weighted by molar-refractivity contribution is 6.49. The quantitative estimate of drug-likeness (QED) is 0.781. The van der Waals surface area contributed by atoms with Gasteiger partial charge in [0.2, 0.25) is 5.91 Å². The Bertz CT molecular complexity index is 371. The standard InChI is InChI=1S/C14H26BNO3/c1-12(2,3)11(17)16-10-8-9(10)15-18-13(4,5)14(6,7)19-15/h9-10H,8H2,1-7H3,(H,16,17)/t9-,10+/m1/s1. The molecule has 1 aliphatic carbocycles. The minimum atomic E-state index is -0.344. The molecule has 19 heavy (non-hydrogen) atoms. The van der Waals surface area contributed by atoms with Gasteiger partial charge in [0.15, 0.2) is 0 Å². The average Bonchev–Trinajstić information content (AvgIpc) is 2.88. The summed E-state index contributed by atoms with van der Waals surface area (Å²) in [6.07, 6.45) is 0.943. The maximum absolute atomic E-state index is 11.9. The highest BCUT2D eigenvalue weighted by atomic mass is 16.7. The van der Waals surface area contributed by atoms with E-state index < -0.39 is 0 Å². The van der Waals surface area contributed by atoms with Crippen molar-refractivity contribution >= 4 is 13.0 Å². The Morgan fingerprint density at radius 1 is 1.16 bits per heavy atom. The predicted octanol–water partition coefficient (Wildman–Crippen LogP) is 2.38. The van der Waals surface area contributed by atoms with Crippen molar-refractivity contribution in [3.05, 3.63) is 0 Å². The average molecular weight is 267 g/mol. The molecule has 2 rings (SSSR count). The van der Waals surface area contributed by atoms with Gasteiger partial charge in [0.05, 0.1) is 11.2 Å². The van der Waals surface area contributed by atoms with E-state index in [-0.39, 0.29) is 41.5 Å². The van der Waals surface area contributed by atoms with Crippen molar-refractivity contribution in [2.24, 2.45) is 5.41 Å². The summed E-state index contributed by atoms with van der Waals surface area (Å²) < 4.78 is 12.0. The number of nitrogens with one attached hydrogen (secondary N) is 1. The zero-order valence-corrected chi connectivity index (χ0v) is 13.2. The largest absolute Gasteiger partial charge is 0.463 e. The minimum Gasteiger partial charge on any atom is -0.403 e. The van der Waals surface area contributed by atoms with E-state index in [1.807, 2.05) is 20.8 Å². The van der Waals surface area contributed by atoms with Crippen LogP contribution in [-0.2, 0) is 14.1 Å². The third kappa shape index (κ3) is 2.82. The molecule has 0 radical (unpaired) electrons. The molecule has 4 nitrogen and oxygen atoms in total. The van der Waals surface area contributed by atoms with Crippen molar-refractivity contribution in [1.29, 1.82) is 0 Å². The van der Waals surface area contributed by atoms with Gasteiger partial charge >= 0.3 is 7.12 Å². The van der Waals surface area contributed by atoms with Crippen molar-refractivity contribution in [2.45, 2.75) is 77.9 Å². The Labute approximate surface area is 116 Å². The van der Waals surface area contributed by atoms with Gasteiger partial charge in [0.1, 0.15) is 0 Å². The van der Waals surface area contributed by atoms with Gasteiger partial charge in [-0.05, 0) is 34.1 Å². The second-order valence-electron chi connectivity index (χ2n) is 7.85. The molecule has 0 unspecified atom stereocenters. The molecule has 5 heteroatoms. The maximum atomic E-state index is 11.9. The van der Waals surface area contributed by atoms with Crippen LogP contribution in [-0.4, -0.2) is 30.3 Å². The first-order chi connectivity index (χ1) is 8.44. The molecule has 1 amide bonds. The second kappa shape index (κ2) is 4.22. The Kier molecular flexibility index (Phi) is 3.30. The molecule has 1 saturated heterocycles. The van der Waals surface area contributed by atoms with E-state index >= 15 is 0 Å². The molecule has 1 aliphatic heterocycles. The monoisotopic (exact) mass is 267 g/mol. The van der Waals surface area contributed by atoms with Crippen LogP contribution >= 0.6 is 0 Å². The molecule has 0 aromatic carbocycles. The maximum Gasteiger partial charge on any atom is 0.463 e. The molecule has 0 spiro atoms. The van der Waals surface area contributed by atoms with E-state index in [4.69, 9.17) is 9.31 Å². The summed E-state index contributed by atoms with van der Waals surface area (Å²) in [7, 11) is -0.199. The lowest BCUT2D eigenvalue weighted by Crippen LogP contribution is -2.41. The topological polar surface area (TPSA) is 47.6 Å². The first-order valence-corrected chi connectivity index (χ1v) is 7.11. The van der Waals surface area contributed by atoms with Gasteiger partial charge in [-0.1, -0.05) is 20.8 Å². The van der Waals surface area contributed by atoms with E-state index in [0.717, 1.165) is 6.42 Å². The summed E-state index contributed by atoms with van der Waals surface area (Å²) >= 11 is 0. The van der Waals surface area contributed by atoms with E-state index in [2.05, 4.69) is 33.0 Å². The summed E-state index contributed by atoms with van der Waals surface area (Å²) in [5.41, 5.74) is -0.930. The lowest BCUT2D eigenvalue weighted by molar-refractivity contribution is -0.128. The number of hydrogen-bond acceptors (Lipinski definition) is 3. The van der Waals surface area contributed by atoms with Gasteiger partial charge < -0.3 is 14.6 Å². The fraction of sp³-hybridized carbons (Fsp3) is 0.929. The fourth-order valence-corrected chi connectivity index (χ4v) is 2.13. The van der Waals surface area contributed by atoms with Crippen molar-refractivity contribution in [1.82, 2.24) is 5.32 Å². The molecular weight excluding hydrogens is 241 g/mol. The highest BCUT2D eigenvalue weighted by Crippen LogP contribution is 2.49. The molecule has 2 atom stereocenters. The molecule has 1 N–H and O–H groups in total. The zero-order chi connectivity index (χ0) is 14.6. The van der Waals surface area contributed by atoms with Crippen LogP contribution in [0.2, 0.25) is 5.82 Å². The molecule has 2 fully saturated rings. The Hall–Kier alpha value is -0.545. The Balaban J connectivity index is 1.90. The summed E-state index contributed by atoms with van der Waals surface area (Å²) in [6.45, 7) is 14.0. The van der Waals surface area contributed by atoms with Crippen molar-refractivity contribution < 1.29 is 14.1 Å². The van der Waals surface area contributed by atoms with Crippen molar-refractivity contribution in [3.63, 3.8) is 0 Å².